The lowest BCUT2D eigenvalue weighted by molar-refractivity contribution is 0.102. The molecule has 110 valence electrons. The minimum atomic E-state index is -0.509. The molecule has 0 spiro atoms. The van der Waals surface area contributed by atoms with Crippen molar-refractivity contribution in [2.75, 3.05) is 18.5 Å². The Morgan fingerprint density at radius 2 is 2.05 bits per heavy atom. The molecule has 0 bridgehead atoms. The van der Waals surface area contributed by atoms with Crippen LogP contribution in [0, 0.1) is 12.7 Å². The summed E-state index contributed by atoms with van der Waals surface area (Å²) in [7, 11) is 0. The third-order valence-electron chi connectivity index (χ3n) is 2.91. The smallest absolute Gasteiger partial charge is 0.258 e. The summed E-state index contributed by atoms with van der Waals surface area (Å²) in [6.07, 6.45) is 0. The normalized spacial score (nSPS) is 10.2. The van der Waals surface area contributed by atoms with E-state index < -0.39 is 11.7 Å². The van der Waals surface area contributed by atoms with Crippen molar-refractivity contribution < 1.29 is 13.9 Å². The highest BCUT2D eigenvalue weighted by Gasteiger charge is 2.13. The molecule has 0 atom stereocenters. The summed E-state index contributed by atoms with van der Waals surface area (Å²) in [5.74, 6) is -0.402. The van der Waals surface area contributed by atoms with Crippen molar-refractivity contribution in [2.24, 2.45) is 5.73 Å². The van der Waals surface area contributed by atoms with Crippen LogP contribution < -0.4 is 15.8 Å². The molecule has 0 saturated carbocycles. The second-order valence-corrected chi connectivity index (χ2v) is 4.56. The fraction of sp³-hybridized carbons (Fsp3) is 0.188. The van der Waals surface area contributed by atoms with Crippen LogP contribution in [0.4, 0.5) is 10.1 Å². The van der Waals surface area contributed by atoms with Crippen molar-refractivity contribution in [1.29, 1.82) is 0 Å². The van der Waals surface area contributed by atoms with Gasteiger partial charge in [0.15, 0.2) is 0 Å². The standard InChI is InChI=1S/C16H17FN2O2/c1-11-4-2-7-14(15(11)17)16(20)19-12-5-3-6-13(10-12)21-9-8-18/h2-7,10H,8-9,18H2,1H3,(H,19,20). The first-order valence-electron chi connectivity index (χ1n) is 6.61. The van der Waals surface area contributed by atoms with Gasteiger partial charge in [0, 0.05) is 18.3 Å². The summed E-state index contributed by atoms with van der Waals surface area (Å²) < 4.78 is 19.3. The molecule has 0 fully saturated rings. The zero-order valence-corrected chi connectivity index (χ0v) is 11.7. The van der Waals surface area contributed by atoms with Crippen molar-refractivity contribution in [3.8, 4) is 5.75 Å². The van der Waals surface area contributed by atoms with Gasteiger partial charge < -0.3 is 15.8 Å². The lowest BCUT2D eigenvalue weighted by Crippen LogP contribution is -2.14. The van der Waals surface area contributed by atoms with E-state index in [0.29, 0.717) is 30.2 Å². The number of nitrogens with two attached hydrogens (primary N) is 1. The molecule has 0 aromatic heterocycles. The van der Waals surface area contributed by atoms with Crippen LogP contribution in [-0.2, 0) is 0 Å². The van der Waals surface area contributed by atoms with E-state index in [4.69, 9.17) is 10.5 Å². The van der Waals surface area contributed by atoms with Gasteiger partial charge in [0.05, 0.1) is 5.56 Å². The summed E-state index contributed by atoms with van der Waals surface area (Å²) in [6.45, 7) is 2.42. The predicted octanol–water partition coefficient (Wildman–Crippen LogP) is 2.72. The number of benzene rings is 2. The number of hydrogen-bond donors (Lipinski definition) is 2. The molecule has 3 N–H and O–H groups in total. The van der Waals surface area contributed by atoms with Gasteiger partial charge in [-0.15, -0.1) is 0 Å². The number of halogens is 1. The average molecular weight is 288 g/mol. The summed E-state index contributed by atoms with van der Waals surface area (Å²) in [6, 6.07) is 11.6. The Kier molecular flexibility index (Phi) is 4.90. The fourth-order valence-electron chi connectivity index (χ4n) is 1.86. The van der Waals surface area contributed by atoms with Crippen LogP contribution in [0.5, 0.6) is 5.75 Å². The number of hydrogen-bond acceptors (Lipinski definition) is 3. The monoisotopic (exact) mass is 288 g/mol. The molecule has 0 heterocycles. The number of ether oxygens (including phenoxy) is 1. The molecular formula is C16H17FN2O2. The van der Waals surface area contributed by atoms with Gasteiger partial charge in [0.25, 0.3) is 5.91 Å². The maximum absolute atomic E-state index is 13.9. The quantitative estimate of drug-likeness (QED) is 0.889. The molecule has 5 heteroatoms. The molecule has 1 amide bonds. The lowest BCUT2D eigenvalue weighted by Gasteiger charge is -2.09. The van der Waals surface area contributed by atoms with Crippen molar-refractivity contribution >= 4 is 11.6 Å². The van der Waals surface area contributed by atoms with Crippen molar-refractivity contribution in [2.45, 2.75) is 6.92 Å². The van der Waals surface area contributed by atoms with Crippen LogP contribution in [0.2, 0.25) is 0 Å². The van der Waals surface area contributed by atoms with Gasteiger partial charge in [-0.2, -0.15) is 0 Å². The molecule has 0 radical (unpaired) electrons. The number of rotatable bonds is 5. The molecule has 0 saturated heterocycles. The van der Waals surface area contributed by atoms with E-state index in [1.165, 1.54) is 6.07 Å². The van der Waals surface area contributed by atoms with Gasteiger partial charge in [0.2, 0.25) is 0 Å². The largest absolute Gasteiger partial charge is 0.492 e. The van der Waals surface area contributed by atoms with Crippen LogP contribution in [-0.4, -0.2) is 19.1 Å². The zero-order chi connectivity index (χ0) is 15.2. The lowest BCUT2D eigenvalue weighted by atomic mass is 10.1. The maximum Gasteiger partial charge on any atom is 0.258 e. The highest BCUT2D eigenvalue weighted by atomic mass is 19.1. The Labute approximate surface area is 122 Å². The van der Waals surface area contributed by atoms with Crippen LogP contribution in [0.25, 0.3) is 0 Å². The number of amides is 1. The number of carbonyl (C=O) groups excluding carboxylic acids is 1. The molecule has 2 aromatic rings. The first kappa shape index (κ1) is 15.0. The summed E-state index contributed by atoms with van der Waals surface area (Å²) >= 11 is 0. The molecule has 2 rings (SSSR count). The average Bonchev–Trinajstić information content (AvgIpc) is 2.48. The minimum absolute atomic E-state index is 0.0169. The topological polar surface area (TPSA) is 64.3 Å². The Morgan fingerprint density at radius 3 is 2.81 bits per heavy atom. The van der Waals surface area contributed by atoms with Crippen molar-refractivity contribution in [3.05, 3.63) is 59.4 Å². The zero-order valence-electron chi connectivity index (χ0n) is 11.7. The van der Waals surface area contributed by atoms with Crippen molar-refractivity contribution in [3.63, 3.8) is 0 Å². The third kappa shape index (κ3) is 3.79. The molecule has 0 aliphatic rings. The molecule has 4 nitrogen and oxygen atoms in total. The number of carbonyl (C=O) groups is 1. The first-order chi connectivity index (χ1) is 10.1. The highest BCUT2D eigenvalue weighted by molar-refractivity contribution is 6.04. The van der Waals surface area contributed by atoms with E-state index >= 15 is 0 Å². The number of nitrogens with one attached hydrogen (secondary N) is 1. The Morgan fingerprint density at radius 1 is 1.29 bits per heavy atom. The second kappa shape index (κ2) is 6.85. The Hall–Kier alpha value is -2.40. The van der Waals surface area contributed by atoms with Gasteiger partial charge in [-0.1, -0.05) is 18.2 Å². The van der Waals surface area contributed by atoms with E-state index in [2.05, 4.69) is 5.32 Å². The molecule has 0 aliphatic heterocycles. The number of anilines is 1. The molecule has 0 unspecified atom stereocenters. The van der Waals surface area contributed by atoms with Crippen LogP contribution in [0.3, 0.4) is 0 Å². The second-order valence-electron chi connectivity index (χ2n) is 4.56. The Balaban J connectivity index is 2.14. The number of aryl methyl sites for hydroxylation is 1. The molecule has 2 aromatic carbocycles. The van der Waals surface area contributed by atoms with E-state index in [9.17, 15) is 9.18 Å². The SMILES string of the molecule is Cc1cccc(C(=O)Nc2cccc(OCCN)c2)c1F. The van der Waals surface area contributed by atoms with Crippen molar-refractivity contribution in [1.82, 2.24) is 0 Å². The van der Waals surface area contributed by atoms with Crippen LogP contribution in [0.15, 0.2) is 42.5 Å². The van der Waals surface area contributed by atoms with Crippen LogP contribution >= 0.6 is 0 Å². The fourth-order valence-corrected chi connectivity index (χ4v) is 1.86. The van der Waals surface area contributed by atoms with Gasteiger partial charge in [-0.25, -0.2) is 4.39 Å². The summed E-state index contributed by atoms with van der Waals surface area (Å²) in [5, 5.41) is 2.65. The summed E-state index contributed by atoms with van der Waals surface area (Å²) in [5.41, 5.74) is 6.35. The van der Waals surface area contributed by atoms with E-state index in [-0.39, 0.29) is 5.56 Å². The minimum Gasteiger partial charge on any atom is -0.492 e. The molecule has 21 heavy (non-hydrogen) atoms. The highest BCUT2D eigenvalue weighted by Crippen LogP contribution is 2.19. The van der Waals surface area contributed by atoms with E-state index in [1.807, 2.05) is 0 Å². The van der Waals surface area contributed by atoms with Gasteiger partial charge in [0.1, 0.15) is 18.2 Å². The van der Waals surface area contributed by atoms with E-state index in [1.54, 1.807) is 43.3 Å². The van der Waals surface area contributed by atoms with Gasteiger partial charge >= 0.3 is 0 Å². The van der Waals surface area contributed by atoms with Gasteiger partial charge in [-0.3, -0.25) is 4.79 Å². The maximum atomic E-state index is 13.9. The third-order valence-corrected chi connectivity index (χ3v) is 2.91. The van der Waals surface area contributed by atoms with Crippen LogP contribution in [0.1, 0.15) is 15.9 Å². The van der Waals surface area contributed by atoms with E-state index in [0.717, 1.165) is 0 Å². The predicted molar refractivity (Wildman–Crippen MR) is 80.1 cm³/mol. The Bertz CT molecular complexity index is 644. The molecular weight excluding hydrogens is 271 g/mol. The first-order valence-corrected chi connectivity index (χ1v) is 6.61. The van der Waals surface area contributed by atoms with Gasteiger partial charge in [-0.05, 0) is 30.7 Å². The summed E-state index contributed by atoms with van der Waals surface area (Å²) in [4.78, 5) is 12.1. The molecule has 0 aliphatic carbocycles.